The highest BCUT2D eigenvalue weighted by Gasteiger charge is 2.01. The molecule has 14 heavy (non-hydrogen) atoms. The Morgan fingerprint density at radius 1 is 1.07 bits per heavy atom. The zero-order valence-corrected chi connectivity index (χ0v) is 8.61. The van der Waals surface area contributed by atoms with E-state index in [1.54, 1.807) is 39.0 Å². The highest BCUT2D eigenvalue weighted by Crippen LogP contribution is 1.96. The molecule has 0 aromatic heterocycles. The van der Waals surface area contributed by atoms with E-state index >= 15 is 0 Å². The number of hydrogen-bond acceptors (Lipinski definition) is 1. The van der Waals surface area contributed by atoms with Crippen LogP contribution < -0.4 is 0 Å². The average molecular weight is 194 g/mol. The lowest BCUT2D eigenvalue weighted by molar-refractivity contribution is 0.0218. The van der Waals surface area contributed by atoms with Crippen molar-refractivity contribution in [1.29, 1.82) is 0 Å². The highest BCUT2D eigenvalue weighted by atomic mass is 16.4. The van der Waals surface area contributed by atoms with Crippen LogP contribution in [-0.4, -0.2) is 11.6 Å². The van der Waals surface area contributed by atoms with Crippen LogP contribution in [0.3, 0.4) is 0 Å². The van der Waals surface area contributed by atoms with E-state index in [0.717, 1.165) is 0 Å². The van der Waals surface area contributed by atoms with Crippen molar-refractivity contribution in [3.63, 3.8) is 0 Å². The van der Waals surface area contributed by atoms with E-state index in [0.29, 0.717) is 0 Å². The van der Waals surface area contributed by atoms with Gasteiger partial charge < -0.3 is 0 Å². The third-order valence-electron chi connectivity index (χ3n) is 1.01. The van der Waals surface area contributed by atoms with Crippen LogP contribution in [0.4, 0.5) is 0 Å². The second kappa shape index (κ2) is 5.40. The fraction of sp³-hybridized carbons (Fsp3) is 0.364. The van der Waals surface area contributed by atoms with E-state index in [9.17, 15) is 15.0 Å². The van der Waals surface area contributed by atoms with Crippen LogP contribution in [0.15, 0.2) is 30.3 Å². The molecule has 0 aliphatic heterocycles. The summed E-state index contributed by atoms with van der Waals surface area (Å²) in [6, 6.07) is 8.06. The molecule has 0 spiro atoms. The van der Waals surface area contributed by atoms with Gasteiger partial charge in [-0.05, 0) is 32.9 Å². The maximum atomic E-state index is 10.1. The molecular weight excluding hydrogens is 180 g/mol. The molecule has 76 valence electrons. The summed E-state index contributed by atoms with van der Waals surface area (Å²) < 4.78 is 0. The van der Waals surface area contributed by atoms with Gasteiger partial charge in [0.05, 0.1) is 11.2 Å². The second-order valence-electron chi connectivity index (χ2n) is 3.77. The van der Waals surface area contributed by atoms with E-state index in [4.69, 9.17) is 0 Å². The maximum absolute atomic E-state index is 10.1. The second-order valence-corrected chi connectivity index (χ2v) is 3.77. The van der Waals surface area contributed by atoms with E-state index in [2.05, 4.69) is 0 Å². The quantitative estimate of drug-likeness (QED) is 0.677. The van der Waals surface area contributed by atoms with Gasteiger partial charge in [0.1, 0.15) is 0 Å². The van der Waals surface area contributed by atoms with Crippen LogP contribution in [0.2, 0.25) is 0 Å². The molecule has 0 aliphatic carbocycles. The number of carbonyl (C=O) groups is 1. The zero-order valence-electron chi connectivity index (χ0n) is 8.61. The third-order valence-corrected chi connectivity index (χ3v) is 1.01. The Balaban J connectivity index is 0.000000292. The molecular formula is C11H14O3. The summed E-state index contributed by atoms with van der Waals surface area (Å²) in [5.74, 6) is -1.13. The molecule has 2 radical (unpaired) electrons. The summed E-state index contributed by atoms with van der Waals surface area (Å²) >= 11 is 0. The Kier molecular flexibility index (Phi) is 4.87. The number of benzene rings is 1. The minimum absolute atomic E-state index is 0.220. The van der Waals surface area contributed by atoms with Crippen LogP contribution in [0.5, 0.6) is 0 Å². The topological polar surface area (TPSA) is 56.9 Å². The zero-order chi connectivity index (χ0) is 11.2. The molecule has 3 nitrogen and oxygen atoms in total. The Morgan fingerprint density at radius 2 is 1.43 bits per heavy atom. The minimum Gasteiger partial charge on any atom is -0.242 e. The largest absolute Gasteiger partial charge is 0.386 e. The average Bonchev–Trinajstić information content (AvgIpc) is 2.03. The molecule has 0 atom stereocenters. The first kappa shape index (κ1) is 12.7. The molecule has 1 rings (SSSR count). The van der Waals surface area contributed by atoms with Crippen molar-refractivity contribution in [3.05, 3.63) is 35.9 Å². The van der Waals surface area contributed by atoms with Crippen molar-refractivity contribution >= 4 is 5.97 Å². The van der Waals surface area contributed by atoms with Gasteiger partial charge in [0.15, 0.2) is 0 Å². The fourth-order valence-electron chi connectivity index (χ4n) is 0.574. The molecule has 0 fully saturated rings. The van der Waals surface area contributed by atoms with E-state index in [1.807, 2.05) is 0 Å². The molecule has 0 heterocycles. The SMILES string of the molecule is CC(C)(C)[O].[O]C(=O)c1ccccc1. The third kappa shape index (κ3) is 8.74. The lowest BCUT2D eigenvalue weighted by atomic mass is 10.2. The van der Waals surface area contributed by atoms with Gasteiger partial charge in [0.2, 0.25) is 0 Å². The van der Waals surface area contributed by atoms with Crippen molar-refractivity contribution in [2.45, 2.75) is 26.4 Å². The maximum Gasteiger partial charge on any atom is 0.386 e. The molecule has 0 amide bonds. The molecule has 0 saturated heterocycles. The summed E-state index contributed by atoms with van der Waals surface area (Å²) in [6.07, 6.45) is 0. The lowest BCUT2D eigenvalue weighted by Gasteiger charge is -2.00. The van der Waals surface area contributed by atoms with Crippen LogP contribution in [-0.2, 0) is 10.2 Å². The monoisotopic (exact) mass is 194 g/mol. The van der Waals surface area contributed by atoms with Crippen molar-refractivity contribution in [2.24, 2.45) is 0 Å². The van der Waals surface area contributed by atoms with Crippen molar-refractivity contribution in [2.75, 3.05) is 0 Å². The van der Waals surface area contributed by atoms with Gasteiger partial charge in [0, 0.05) is 0 Å². The van der Waals surface area contributed by atoms with Crippen LogP contribution in [0, 0.1) is 0 Å². The van der Waals surface area contributed by atoms with Gasteiger partial charge in [-0.15, -0.1) is 0 Å². The summed E-state index contributed by atoms with van der Waals surface area (Å²) in [5, 5.41) is 20.2. The Labute approximate surface area is 84.0 Å². The molecule has 0 saturated carbocycles. The Morgan fingerprint density at radius 3 is 1.64 bits per heavy atom. The molecule has 0 N–H and O–H groups in total. The molecule has 3 heteroatoms. The summed E-state index contributed by atoms with van der Waals surface area (Å²) in [5.41, 5.74) is -0.530. The van der Waals surface area contributed by atoms with Gasteiger partial charge in [0.25, 0.3) is 0 Å². The Bertz CT molecular complexity index is 266. The lowest BCUT2D eigenvalue weighted by Crippen LogP contribution is -2.07. The summed E-state index contributed by atoms with van der Waals surface area (Å²) in [7, 11) is 0. The van der Waals surface area contributed by atoms with Gasteiger partial charge >= 0.3 is 5.97 Å². The first-order valence-corrected chi connectivity index (χ1v) is 4.27. The normalized spacial score (nSPS) is 10.0. The molecule has 0 unspecified atom stereocenters. The van der Waals surface area contributed by atoms with Crippen molar-refractivity contribution in [3.8, 4) is 0 Å². The van der Waals surface area contributed by atoms with Gasteiger partial charge in [-0.2, -0.15) is 0 Å². The molecule has 0 aliphatic rings. The predicted octanol–water partition coefficient (Wildman–Crippen LogP) is 2.47. The first-order valence-electron chi connectivity index (χ1n) is 4.27. The molecule has 1 aromatic rings. The number of hydrogen-bond donors (Lipinski definition) is 0. The van der Waals surface area contributed by atoms with E-state index in [-0.39, 0.29) is 5.56 Å². The van der Waals surface area contributed by atoms with Crippen LogP contribution in [0.25, 0.3) is 0 Å². The van der Waals surface area contributed by atoms with E-state index in [1.165, 1.54) is 12.1 Å². The first-order chi connectivity index (χ1) is 6.30. The number of carbonyl (C=O) groups excluding carboxylic acids is 1. The van der Waals surface area contributed by atoms with Crippen molar-refractivity contribution in [1.82, 2.24) is 0 Å². The number of rotatable bonds is 1. The van der Waals surface area contributed by atoms with Crippen LogP contribution >= 0.6 is 0 Å². The van der Waals surface area contributed by atoms with E-state index < -0.39 is 11.6 Å². The van der Waals surface area contributed by atoms with Gasteiger partial charge in [-0.25, -0.2) is 15.0 Å². The van der Waals surface area contributed by atoms with Gasteiger partial charge in [-0.3, -0.25) is 0 Å². The van der Waals surface area contributed by atoms with Gasteiger partial charge in [-0.1, -0.05) is 18.2 Å². The minimum atomic E-state index is -1.13. The van der Waals surface area contributed by atoms with Crippen molar-refractivity contribution < 1.29 is 15.0 Å². The Hall–Kier alpha value is -1.35. The fourth-order valence-corrected chi connectivity index (χ4v) is 0.574. The smallest absolute Gasteiger partial charge is 0.242 e. The molecule has 1 aromatic carbocycles. The standard InChI is InChI=1S/C7H5O2.C4H9O/c8-7(9)6-4-2-1-3-5-6;1-4(2,3)5/h1-5H;1-3H3. The molecule has 0 bridgehead atoms. The highest BCUT2D eigenvalue weighted by molar-refractivity contribution is 5.86. The summed E-state index contributed by atoms with van der Waals surface area (Å²) in [4.78, 5) is 10.1. The summed E-state index contributed by atoms with van der Waals surface area (Å²) in [6.45, 7) is 4.90. The predicted molar refractivity (Wildman–Crippen MR) is 51.9 cm³/mol. The van der Waals surface area contributed by atoms with Crippen LogP contribution in [0.1, 0.15) is 31.1 Å².